The van der Waals surface area contributed by atoms with Gasteiger partial charge in [-0.1, -0.05) is 5.16 Å². The Kier molecular flexibility index (Phi) is 11.3. The second-order valence-corrected chi connectivity index (χ2v) is 16.7. The van der Waals surface area contributed by atoms with E-state index in [1.807, 2.05) is 26.2 Å². The fraction of sp³-hybridized carbons (Fsp3) is 0.500. The molecule has 2 amide bonds. The molecule has 0 unspecified atom stereocenters. The first-order valence-corrected chi connectivity index (χ1v) is 19.9. The number of hydroxylamine groups is 2. The normalized spacial score (nSPS) is 19.7. The molecule has 1 aromatic carbocycles. The summed E-state index contributed by atoms with van der Waals surface area (Å²) in [6.07, 6.45) is 2.45. The summed E-state index contributed by atoms with van der Waals surface area (Å²) >= 11 is 0.973. The Labute approximate surface area is 325 Å². The van der Waals surface area contributed by atoms with Crippen molar-refractivity contribution in [1.29, 1.82) is 0 Å². The second-order valence-electron chi connectivity index (χ2n) is 14.8. The van der Waals surface area contributed by atoms with E-state index in [9.17, 15) is 32.7 Å². The third kappa shape index (κ3) is 8.11. The van der Waals surface area contributed by atoms with E-state index in [1.54, 1.807) is 23.1 Å². The molecule has 20 nitrogen and oxygen atoms in total. The SMILES string of the molecule is CC1(C)c2cc(OC[C@H](O/N=C(\C(=O)C[C@@H]3C(=O)N(OS(=O)(=O)O)C3(C)C)c3csc(N)n3)C(=O)O)ccc2C(=O)N1c1cn(CCCN)[n+](CC2CNC2)c1. The topological polar surface area (TPSA) is 275 Å². The lowest BCUT2D eigenvalue weighted by Gasteiger charge is -2.50. The number of aliphatic carboxylic acids is 1. The van der Waals surface area contributed by atoms with Crippen LogP contribution in [0.2, 0.25) is 0 Å². The number of β-lactam (4-membered cyclic amide) rings is 1. The first-order valence-electron chi connectivity index (χ1n) is 17.7. The minimum atomic E-state index is -5.02. The number of benzene rings is 1. The third-order valence-electron chi connectivity index (χ3n) is 10.1. The maximum absolute atomic E-state index is 13.9. The number of amides is 2. The Hall–Kier alpha value is -5.00. The van der Waals surface area contributed by atoms with Crippen molar-refractivity contribution in [3.05, 3.63) is 52.8 Å². The zero-order valence-corrected chi connectivity index (χ0v) is 32.7. The van der Waals surface area contributed by atoms with Gasteiger partial charge in [0.15, 0.2) is 23.2 Å². The number of nitrogens with two attached hydrogens (primary N) is 2. The number of ketones is 1. The number of hydrogen-bond donors (Lipinski definition) is 5. The molecule has 3 aliphatic heterocycles. The van der Waals surface area contributed by atoms with Crippen molar-refractivity contribution in [2.24, 2.45) is 22.7 Å². The monoisotopic (exact) mass is 818 g/mol. The molecule has 3 aromatic rings. The summed E-state index contributed by atoms with van der Waals surface area (Å²) in [6, 6.07) is 4.85. The highest BCUT2D eigenvalue weighted by Crippen LogP contribution is 2.43. The molecule has 22 heteroatoms. The van der Waals surface area contributed by atoms with Crippen molar-refractivity contribution in [1.82, 2.24) is 20.0 Å². The number of carboxylic acids is 1. The number of ether oxygens (including phenoxy) is 1. The van der Waals surface area contributed by atoms with Crippen LogP contribution >= 0.6 is 11.3 Å². The van der Waals surface area contributed by atoms with E-state index in [4.69, 9.17) is 25.6 Å². The number of nitrogens with one attached hydrogen (secondary N) is 1. The van der Waals surface area contributed by atoms with Crippen molar-refractivity contribution < 1.29 is 55.8 Å². The number of aromatic nitrogens is 3. The van der Waals surface area contributed by atoms with Crippen LogP contribution in [-0.4, -0.2) is 100.0 Å². The largest absolute Gasteiger partial charge is 0.489 e. The minimum absolute atomic E-state index is 0.0476. The summed E-state index contributed by atoms with van der Waals surface area (Å²) < 4.78 is 45.9. The highest BCUT2D eigenvalue weighted by Gasteiger charge is 2.57. The van der Waals surface area contributed by atoms with E-state index in [0.29, 0.717) is 35.2 Å². The van der Waals surface area contributed by atoms with Crippen LogP contribution in [0.4, 0.5) is 10.8 Å². The van der Waals surface area contributed by atoms with Crippen molar-refractivity contribution in [2.75, 3.05) is 36.9 Å². The van der Waals surface area contributed by atoms with Gasteiger partial charge >= 0.3 is 16.4 Å². The molecular formula is C34H44N9O11S2+. The lowest BCUT2D eigenvalue weighted by atomic mass is 9.74. The van der Waals surface area contributed by atoms with Gasteiger partial charge in [-0.2, -0.15) is 18.2 Å². The van der Waals surface area contributed by atoms with Gasteiger partial charge in [-0.3, -0.25) is 23.8 Å². The van der Waals surface area contributed by atoms with Crippen LogP contribution in [0, 0.1) is 11.8 Å². The standard InChI is InChI=1S/C34H43N9O11S2/c1-33(2)23-10-21(6-7-22(23)29(45)42(33)20-15-40(9-5-8-35)41(16-20)14-19-12-37-13-19)52-17-27(31(47)48)53-39-28(25-18-55-32(36)38-25)26(44)11-24-30(46)43(34(24,3)4)54-56(49,50)51/h6-7,10,15-16,18-19,24,27,37H,5,8-9,11-14,17,35H2,1-4H3,(H3-,36,38,47,48,49,50,51)/p+1/b39-28-/t24-,27+/m1/s1. The van der Waals surface area contributed by atoms with E-state index in [2.05, 4.69) is 29.1 Å². The number of nitrogens with zero attached hydrogens (tertiary/aromatic N) is 6. The summed E-state index contributed by atoms with van der Waals surface area (Å²) in [6.45, 7) is 9.97. The Morgan fingerprint density at radius 1 is 1.21 bits per heavy atom. The Bertz CT molecular complexity index is 2180. The van der Waals surface area contributed by atoms with Gasteiger partial charge in [0.05, 0.1) is 29.7 Å². The van der Waals surface area contributed by atoms with Crippen LogP contribution in [0.25, 0.3) is 0 Å². The average molecular weight is 819 g/mol. The van der Waals surface area contributed by atoms with E-state index in [1.165, 1.54) is 19.2 Å². The van der Waals surface area contributed by atoms with Gasteiger partial charge in [0.25, 0.3) is 17.9 Å². The summed E-state index contributed by atoms with van der Waals surface area (Å²) in [5.74, 6) is -3.74. The Morgan fingerprint density at radius 3 is 2.54 bits per heavy atom. The molecule has 6 rings (SSSR count). The predicted molar refractivity (Wildman–Crippen MR) is 199 cm³/mol. The first-order chi connectivity index (χ1) is 26.3. The molecule has 2 saturated heterocycles. The van der Waals surface area contributed by atoms with Crippen LogP contribution in [0.15, 0.2) is 41.1 Å². The van der Waals surface area contributed by atoms with Crippen molar-refractivity contribution in [2.45, 2.75) is 70.8 Å². The molecule has 0 spiro atoms. The number of oxime groups is 1. The molecule has 0 saturated carbocycles. The number of fused-ring (bicyclic) bond motifs is 1. The molecule has 0 aliphatic carbocycles. The quantitative estimate of drug-likeness (QED) is 0.0384. The molecule has 3 aliphatic rings. The molecule has 302 valence electrons. The number of rotatable bonds is 18. The fourth-order valence-corrected chi connectivity index (χ4v) is 7.91. The van der Waals surface area contributed by atoms with Gasteiger partial charge in [0.1, 0.15) is 23.7 Å². The van der Waals surface area contributed by atoms with Gasteiger partial charge in [0.2, 0.25) is 6.20 Å². The number of nitrogen functional groups attached to an aromatic ring is 1. The van der Waals surface area contributed by atoms with E-state index >= 15 is 0 Å². The lowest BCUT2D eigenvalue weighted by Crippen LogP contribution is -2.68. The van der Waals surface area contributed by atoms with E-state index in [0.717, 1.165) is 43.1 Å². The maximum Gasteiger partial charge on any atom is 0.418 e. The lowest BCUT2D eigenvalue weighted by molar-refractivity contribution is -0.781. The van der Waals surface area contributed by atoms with Crippen LogP contribution in [0.3, 0.4) is 0 Å². The van der Waals surface area contributed by atoms with Crippen LogP contribution in [-0.2, 0) is 52.5 Å². The smallest absolute Gasteiger partial charge is 0.418 e. The van der Waals surface area contributed by atoms with Gasteiger partial charge in [-0.25, -0.2) is 9.78 Å². The molecule has 7 N–H and O–H groups in total. The fourth-order valence-electron chi connectivity index (χ4n) is 6.91. The number of carbonyl (C=O) groups is 4. The Balaban J connectivity index is 1.17. The van der Waals surface area contributed by atoms with Crippen molar-refractivity contribution in [3.63, 3.8) is 0 Å². The van der Waals surface area contributed by atoms with Crippen LogP contribution < -0.4 is 31.1 Å². The van der Waals surface area contributed by atoms with Crippen molar-refractivity contribution in [3.8, 4) is 5.75 Å². The summed E-state index contributed by atoms with van der Waals surface area (Å²) in [5.41, 5.74) is 10.8. The van der Waals surface area contributed by atoms with Gasteiger partial charge in [-0.15, -0.1) is 20.3 Å². The zero-order valence-electron chi connectivity index (χ0n) is 31.1. The molecule has 2 aromatic heterocycles. The summed E-state index contributed by atoms with van der Waals surface area (Å²) in [4.78, 5) is 63.5. The van der Waals surface area contributed by atoms with Gasteiger partial charge < -0.3 is 31.5 Å². The van der Waals surface area contributed by atoms with E-state index in [-0.39, 0.29) is 22.5 Å². The highest BCUT2D eigenvalue weighted by molar-refractivity contribution is 7.80. The predicted octanol–water partition coefficient (Wildman–Crippen LogP) is 0.462. The van der Waals surface area contributed by atoms with E-state index < -0.39 is 69.9 Å². The molecule has 56 heavy (non-hydrogen) atoms. The molecule has 0 bridgehead atoms. The third-order valence-corrected chi connectivity index (χ3v) is 11.1. The minimum Gasteiger partial charge on any atom is -0.489 e. The van der Waals surface area contributed by atoms with Gasteiger partial charge in [-0.05, 0) is 64.4 Å². The summed E-state index contributed by atoms with van der Waals surface area (Å²) in [7, 11) is -5.02. The van der Waals surface area contributed by atoms with Crippen molar-refractivity contribution >= 4 is 61.8 Å². The highest BCUT2D eigenvalue weighted by atomic mass is 32.3. The van der Waals surface area contributed by atoms with Gasteiger partial charge in [0, 0.05) is 36.4 Å². The number of hydrogen-bond acceptors (Lipinski definition) is 15. The molecule has 2 atom stereocenters. The number of carbonyl (C=O) groups excluding carboxylic acids is 3. The number of anilines is 2. The average Bonchev–Trinajstić information content (AvgIpc) is 3.77. The maximum atomic E-state index is 13.9. The molecule has 2 fully saturated rings. The zero-order chi connectivity index (χ0) is 40.7. The first kappa shape index (κ1) is 40.7. The number of aryl methyl sites for hydroxylation is 1. The number of Topliss-reactive ketones (excluding diaryl/α,β-unsaturated/α-hetero) is 1. The van der Waals surface area contributed by atoms with Crippen LogP contribution in [0.5, 0.6) is 5.75 Å². The van der Waals surface area contributed by atoms with Crippen LogP contribution in [0.1, 0.15) is 62.2 Å². The number of carboxylic acid groups (broad SMARTS) is 1. The second kappa shape index (κ2) is 15.5. The molecule has 0 radical (unpaired) electrons. The molecule has 5 heterocycles. The summed E-state index contributed by atoms with van der Waals surface area (Å²) in [5, 5.41) is 19.0. The Morgan fingerprint density at radius 2 is 1.95 bits per heavy atom. The molecular weight excluding hydrogens is 775 g/mol. The number of thiazole rings is 1.